The molecule has 1 aliphatic rings. The van der Waals surface area contributed by atoms with Gasteiger partial charge in [0, 0.05) is 6.04 Å². The first-order valence-corrected chi connectivity index (χ1v) is 5.46. The van der Waals surface area contributed by atoms with E-state index in [1.807, 2.05) is 0 Å². The zero-order valence-electron chi connectivity index (χ0n) is 15.6. The van der Waals surface area contributed by atoms with Crippen molar-refractivity contribution in [2.24, 2.45) is 0 Å². The van der Waals surface area contributed by atoms with E-state index in [1.54, 1.807) is 27.7 Å². The largest absolute Gasteiger partial charge is 0.514 e. The first-order valence-electron chi connectivity index (χ1n) is 7.96. The second kappa shape index (κ2) is 4.21. The first-order chi connectivity index (χ1) is 10.3. The quantitative estimate of drug-likeness (QED) is 0.754. The lowest BCUT2D eigenvalue weighted by Crippen LogP contribution is -2.41. The molecule has 0 unspecified atom stereocenters. The third-order valence-electron chi connectivity index (χ3n) is 3.25. The van der Waals surface area contributed by atoms with Crippen LogP contribution in [0.5, 0.6) is 5.88 Å². The van der Waals surface area contributed by atoms with Gasteiger partial charge in [0.05, 0.1) is 30.7 Å². The highest BCUT2D eigenvalue weighted by atomic mass is 19.1. The summed E-state index contributed by atoms with van der Waals surface area (Å²) in [6.07, 6.45) is 0. The third-order valence-corrected chi connectivity index (χ3v) is 3.25. The summed E-state index contributed by atoms with van der Waals surface area (Å²) in [5.41, 5.74) is -1.75. The summed E-state index contributed by atoms with van der Waals surface area (Å²) < 4.78 is 66.4. The van der Waals surface area contributed by atoms with E-state index < -0.39 is 49.1 Å². The van der Waals surface area contributed by atoms with Crippen LogP contribution in [-0.2, 0) is 9.31 Å². The molecule has 0 atom stereocenters. The Kier molecular flexibility index (Phi) is 1.90. The molecular formula is C12H17BFNO3. The Morgan fingerprint density at radius 2 is 1.94 bits per heavy atom. The van der Waals surface area contributed by atoms with Gasteiger partial charge in [0.1, 0.15) is 5.82 Å². The van der Waals surface area contributed by atoms with Crippen molar-refractivity contribution in [3.05, 3.63) is 17.9 Å². The zero-order valence-corrected chi connectivity index (χ0v) is 10.6. The van der Waals surface area contributed by atoms with Crippen LogP contribution in [0.4, 0.5) is 4.39 Å². The molecule has 0 saturated carbocycles. The minimum absolute atomic E-state index is 0.267. The first kappa shape index (κ1) is 8.12. The lowest BCUT2D eigenvalue weighted by molar-refractivity contribution is 0.00578. The van der Waals surface area contributed by atoms with Gasteiger partial charge in [0.2, 0.25) is 5.88 Å². The lowest BCUT2D eigenvalue weighted by atomic mass is 9.84. The highest BCUT2D eigenvalue weighted by molar-refractivity contribution is 6.61. The van der Waals surface area contributed by atoms with Gasteiger partial charge in [0.15, 0.2) is 0 Å². The fourth-order valence-electron chi connectivity index (χ4n) is 1.52. The smallest absolute Gasteiger partial charge is 0.481 e. The molecule has 0 radical (unpaired) electrons. The van der Waals surface area contributed by atoms with E-state index in [-0.39, 0.29) is 5.59 Å². The second-order valence-electron chi connectivity index (χ2n) is 5.06. The molecule has 1 aromatic heterocycles. The molecular weight excluding hydrogens is 236 g/mol. The molecule has 98 valence electrons. The highest BCUT2D eigenvalue weighted by Crippen LogP contribution is 2.36. The van der Waals surface area contributed by atoms with Crippen LogP contribution >= 0.6 is 0 Å². The number of aromatic nitrogens is 1. The Morgan fingerprint density at radius 3 is 2.50 bits per heavy atom. The molecule has 0 aromatic carbocycles. The lowest BCUT2D eigenvalue weighted by Gasteiger charge is -2.32. The molecule has 0 N–H and O–H groups in total. The van der Waals surface area contributed by atoms with E-state index in [1.165, 1.54) is 0 Å². The van der Waals surface area contributed by atoms with E-state index in [0.29, 0.717) is 0 Å². The minimum Gasteiger partial charge on any atom is -0.481 e. The van der Waals surface area contributed by atoms with Crippen LogP contribution < -0.4 is 10.3 Å². The summed E-state index contributed by atoms with van der Waals surface area (Å²) in [5, 5.41) is 0. The summed E-state index contributed by atoms with van der Waals surface area (Å²) >= 11 is 0. The topological polar surface area (TPSA) is 40.6 Å². The molecule has 4 nitrogen and oxygen atoms in total. The maximum Gasteiger partial charge on any atom is 0.514 e. The summed E-state index contributed by atoms with van der Waals surface area (Å²) in [4.78, 5) is 3.78. The highest BCUT2D eigenvalue weighted by Gasteiger charge is 2.52. The SMILES string of the molecule is [2H]c1c(OC([2H])([2H])[2H])nc(B2OC(C)(C)C(C)(C)O2)c([2H])c1F. The van der Waals surface area contributed by atoms with Gasteiger partial charge >= 0.3 is 7.12 Å². The van der Waals surface area contributed by atoms with Gasteiger partial charge in [-0.3, -0.25) is 0 Å². The van der Waals surface area contributed by atoms with Crippen LogP contribution in [0.25, 0.3) is 0 Å². The van der Waals surface area contributed by atoms with Crippen molar-refractivity contribution >= 4 is 12.7 Å². The maximum atomic E-state index is 14.1. The molecule has 1 fully saturated rings. The molecule has 2 rings (SSSR count). The van der Waals surface area contributed by atoms with Crippen molar-refractivity contribution in [3.8, 4) is 5.88 Å². The van der Waals surface area contributed by atoms with Crippen LogP contribution in [-0.4, -0.2) is 30.3 Å². The number of nitrogens with zero attached hydrogens (tertiary/aromatic N) is 1. The zero-order chi connectivity index (χ0) is 17.8. The molecule has 6 heteroatoms. The summed E-state index contributed by atoms with van der Waals surface area (Å²) in [6, 6.07) is -1.59. The Balaban J connectivity index is 2.48. The Morgan fingerprint density at radius 1 is 1.33 bits per heavy atom. The second-order valence-corrected chi connectivity index (χ2v) is 5.06. The van der Waals surface area contributed by atoms with E-state index in [2.05, 4.69) is 9.72 Å². The Hall–Kier alpha value is -1.14. The fraction of sp³-hybridized carbons (Fsp3) is 0.583. The number of rotatable bonds is 2. The van der Waals surface area contributed by atoms with Gasteiger partial charge in [-0.2, -0.15) is 0 Å². The van der Waals surface area contributed by atoms with Crippen LogP contribution in [0, 0.1) is 5.82 Å². The number of hydrogen-bond acceptors (Lipinski definition) is 4. The third kappa shape index (κ3) is 2.22. The van der Waals surface area contributed by atoms with Crippen molar-refractivity contribution in [3.63, 3.8) is 0 Å². The van der Waals surface area contributed by atoms with E-state index in [0.717, 1.165) is 0 Å². The standard InChI is InChI=1S/C12H17BFNO3/c1-11(2)12(3,4)18-13(17-11)9-6-8(14)7-10(15-9)16-5/h6-7H,1-5H3/i5D3,6D,7D. The van der Waals surface area contributed by atoms with Crippen LogP contribution in [0.3, 0.4) is 0 Å². The average Bonchev–Trinajstić information content (AvgIpc) is 2.57. The Bertz CT molecular complexity index is 622. The maximum absolute atomic E-state index is 14.1. The van der Waals surface area contributed by atoms with Crippen LogP contribution in [0.15, 0.2) is 12.1 Å². The number of ether oxygens (including phenoxy) is 1. The van der Waals surface area contributed by atoms with Crippen molar-refractivity contribution in [2.45, 2.75) is 38.9 Å². The van der Waals surface area contributed by atoms with Gasteiger partial charge < -0.3 is 14.0 Å². The van der Waals surface area contributed by atoms with Crippen molar-refractivity contribution in [1.82, 2.24) is 4.98 Å². The molecule has 18 heavy (non-hydrogen) atoms. The van der Waals surface area contributed by atoms with Crippen molar-refractivity contribution in [2.75, 3.05) is 7.04 Å². The molecule has 0 spiro atoms. The molecule has 1 saturated heterocycles. The number of methoxy groups -OCH3 is 1. The molecule has 0 amide bonds. The Labute approximate surface area is 114 Å². The monoisotopic (exact) mass is 258 g/mol. The number of halogens is 1. The molecule has 1 aromatic rings. The molecule has 0 aliphatic carbocycles. The van der Waals surface area contributed by atoms with Gasteiger partial charge in [-0.15, -0.1) is 0 Å². The van der Waals surface area contributed by atoms with E-state index >= 15 is 0 Å². The number of hydrogen-bond donors (Lipinski definition) is 0. The van der Waals surface area contributed by atoms with Gasteiger partial charge in [-0.25, -0.2) is 9.37 Å². The predicted molar refractivity (Wildman–Crippen MR) is 66.5 cm³/mol. The van der Waals surface area contributed by atoms with Crippen LogP contribution in [0.2, 0.25) is 0 Å². The van der Waals surface area contributed by atoms with E-state index in [4.69, 9.17) is 16.2 Å². The van der Waals surface area contributed by atoms with E-state index in [9.17, 15) is 4.39 Å². The summed E-state index contributed by atoms with van der Waals surface area (Å²) in [7, 11) is -4.06. The molecule has 1 aliphatic heterocycles. The fourth-order valence-corrected chi connectivity index (χ4v) is 1.52. The average molecular weight is 258 g/mol. The molecule has 0 bridgehead atoms. The van der Waals surface area contributed by atoms with Gasteiger partial charge in [-0.1, -0.05) is 0 Å². The summed E-state index contributed by atoms with van der Waals surface area (Å²) in [6.45, 7) is 7.08. The predicted octanol–water partition coefficient (Wildman–Crippen LogP) is 1.53. The van der Waals surface area contributed by atoms with Crippen LogP contribution in [0.1, 0.15) is 34.5 Å². The minimum atomic E-state index is -2.90. The van der Waals surface area contributed by atoms with Crippen molar-refractivity contribution in [1.29, 1.82) is 0 Å². The molecule has 2 heterocycles. The number of pyridine rings is 1. The van der Waals surface area contributed by atoms with Gasteiger partial charge in [0.25, 0.3) is 0 Å². The summed E-state index contributed by atoms with van der Waals surface area (Å²) in [5.74, 6) is -1.98. The van der Waals surface area contributed by atoms with Crippen molar-refractivity contribution < 1.29 is 25.3 Å². The normalized spacial score (nSPS) is 25.8. The van der Waals surface area contributed by atoms with Gasteiger partial charge in [-0.05, 0) is 33.7 Å².